The molecule has 0 aliphatic heterocycles. The molecule has 0 radical (unpaired) electrons. The van der Waals surface area contributed by atoms with Gasteiger partial charge in [-0.15, -0.1) is 11.8 Å². The van der Waals surface area contributed by atoms with Gasteiger partial charge < -0.3 is 15.8 Å². The highest BCUT2D eigenvalue weighted by Crippen LogP contribution is 2.25. The zero-order chi connectivity index (χ0) is 25.3. The number of primary amides is 1. The molecule has 3 aromatic carbocycles. The molecule has 4 rings (SSSR count). The molecule has 0 aliphatic rings. The summed E-state index contributed by atoms with van der Waals surface area (Å²) in [7, 11) is 0. The monoisotopic (exact) mass is 497 g/mol. The van der Waals surface area contributed by atoms with E-state index in [0.29, 0.717) is 22.0 Å². The number of esters is 1. The van der Waals surface area contributed by atoms with E-state index in [0.717, 1.165) is 16.7 Å². The summed E-state index contributed by atoms with van der Waals surface area (Å²) in [5.74, 6) is -1.04. The fourth-order valence-electron chi connectivity index (χ4n) is 3.36. The number of thioether (sulfide) groups is 1. The average molecular weight is 498 g/mol. The number of nitrogens with one attached hydrogen (secondary N) is 1. The lowest BCUT2D eigenvalue weighted by molar-refractivity contribution is -0.119. The van der Waals surface area contributed by atoms with Crippen LogP contribution in [0.15, 0.2) is 102 Å². The maximum Gasteiger partial charge on any atom is 0.341 e. The Morgan fingerprint density at radius 2 is 1.53 bits per heavy atom. The number of hydrogen-bond acceptors (Lipinski definition) is 6. The third-order valence-electron chi connectivity index (χ3n) is 5.22. The lowest BCUT2D eigenvalue weighted by atomic mass is 10.1. The van der Waals surface area contributed by atoms with Crippen molar-refractivity contribution in [1.82, 2.24) is 4.98 Å². The van der Waals surface area contributed by atoms with Gasteiger partial charge in [0.25, 0.3) is 5.91 Å². The Morgan fingerprint density at radius 3 is 2.22 bits per heavy atom. The van der Waals surface area contributed by atoms with Crippen LogP contribution in [0, 0.1) is 0 Å². The first-order valence-corrected chi connectivity index (χ1v) is 12.1. The molecule has 0 fully saturated rings. The van der Waals surface area contributed by atoms with E-state index in [4.69, 9.17) is 10.5 Å². The van der Waals surface area contributed by atoms with E-state index in [2.05, 4.69) is 10.3 Å². The van der Waals surface area contributed by atoms with Crippen LogP contribution in [0.3, 0.4) is 0 Å². The molecule has 1 heterocycles. The van der Waals surface area contributed by atoms with Gasteiger partial charge in [-0.3, -0.25) is 9.59 Å². The first kappa shape index (κ1) is 24.7. The van der Waals surface area contributed by atoms with Crippen molar-refractivity contribution in [2.24, 2.45) is 5.73 Å². The van der Waals surface area contributed by atoms with Crippen LogP contribution in [-0.4, -0.2) is 29.4 Å². The number of amides is 2. The van der Waals surface area contributed by atoms with Gasteiger partial charge in [-0.2, -0.15) is 0 Å². The third kappa shape index (κ3) is 6.58. The Hall–Kier alpha value is -4.43. The second-order valence-electron chi connectivity index (χ2n) is 7.77. The third-order valence-corrected chi connectivity index (χ3v) is 6.29. The molecule has 0 saturated carbocycles. The summed E-state index contributed by atoms with van der Waals surface area (Å²) >= 11 is 1.35. The molecule has 1 aromatic heterocycles. The Labute approximate surface area is 212 Å². The zero-order valence-corrected chi connectivity index (χ0v) is 20.0. The summed E-state index contributed by atoms with van der Waals surface area (Å²) < 4.78 is 5.23. The molecular formula is C28H23N3O4S. The molecule has 0 unspecified atom stereocenters. The van der Waals surface area contributed by atoms with Crippen LogP contribution in [0.1, 0.15) is 26.3 Å². The van der Waals surface area contributed by atoms with Crippen LogP contribution >= 0.6 is 11.8 Å². The highest BCUT2D eigenvalue weighted by molar-refractivity contribution is 7.98. The van der Waals surface area contributed by atoms with Crippen molar-refractivity contribution < 1.29 is 19.1 Å². The molecule has 3 N–H and O–H groups in total. The topological polar surface area (TPSA) is 111 Å². The number of nitrogens with two attached hydrogens (primary N) is 1. The van der Waals surface area contributed by atoms with Crippen LogP contribution in [0.2, 0.25) is 0 Å². The highest BCUT2D eigenvalue weighted by Gasteiger charge is 2.16. The number of rotatable bonds is 9. The Morgan fingerprint density at radius 1 is 0.833 bits per heavy atom. The number of carbonyl (C=O) groups is 3. The van der Waals surface area contributed by atoms with Gasteiger partial charge in [-0.25, -0.2) is 9.78 Å². The van der Waals surface area contributed by atoms with E-state index >= 15 is 0 Å². The number of nitrogens with zero attached hydrogens (tertiary/aromatic N) is 1. The normalized spacial score (nSPS) is 10.4. The van der Waals surface area contributed by atoms with Gasteiger partial charge in [0.2, 0.25) is 5.91 Å². The van der Waals surface area contributed by atoms with Gasteiger partial charge >= 0.3 is 5.97 Å². The van der Waals surface area contributed by atoms with Crippen molar-refractivity contribution in [3.8, 4) is 11.1 Å². The van der Waals surface area contributed by atoms with Crippen LogP contribution < -0.4 is 11.1 Å². The predicted molar refractivity (Wildman–Crippen MR) is 140 cm³/mol. The van der Waals surface area contributed by atoms with Crippen molar-refractivity contribution in [2.75, 3.05) is 11.9 Å². The van der Waals surface area contributed by atoms with Crippen LogP contribution in [0.5, 0.6) is 0 Å². The van der Waals surface area contributed by atoms with Crippen LogP contribution in [0.4, 0.5) is 5.69 Å². The first-order valence-electron chi connectivity index (χ1n) is 11.1. The molecule has 4 aromatic rings. The van der Waals surface area contributed by atoms with Crippen molar-refractivity contribution in [3.63, 3.8) is 0 Å². The average Bonchev–Trinajstić information content (AvgIpc) is 2.92. The SMILES string of the molecule is NC(=O)c1ccc(CSc2ncccc2C(=O)OCC(=O)Nc2ccc(-c3ccccc3)cc2)cc1. The van der Waals surface area contributed by atoms with Crippen molar-refractivity contribution >= 4 is 35.2 Å². The fourth-order valence-corrected chi connectivity index (χ4v) is 4.30. The molecule has 0 aliphatic carbocycles. The van der Waals surface area contributed by atoms with Crippen molar-refractivity contribution in [1.29, 1.82) is 0 Å². The maximum absolute atomic E-state index is 12.6. The molecule has 0 bridgehead atoms. The lowest BCUT2D eigenvalue weighted by Crippen LogP contribution is -2.21. The minimum atomic E-state index is -0.635. The second kappa shape index (κ2) is 11.8. The summed E-state index contributed by atoms with van der Waals surface area (Å²) in [4.78, 5) is 40.5. The molecule has 2 amide bonds. The standard InChI is InChI=1S/C28H23N3O4S/c29-26(33)22-10-8-19(9-11-22)18-36-27-24(7-4-16-30-27)28(34)35-17-25(32)31-23-14-12-21(13-15-23)20-5-2-1-3-6-20/h1-16H,17-18H2,(H2,29,33)(H,31,32). The number of carbonyl (C=O) groups excluding carboxylic acids is 3. The predicted octanol–water partition coefficient (Wildman–Crippen LogP) is 4.94. The number of pyridine rings is 1. The molecular weight excluding hydrogens is 474 g/mol. The summed E-state index contributed by atoms with van der Waals surface area (Å²) in [6, 6.07) is 27.5. The number of hydrogen-bond donors (Lipinski definition) is 2. The van der Waals surface area contributed by atoms with E-state index in [1.807, 2.05) is 42.5 Å². The van der Waals surface area contributed by atoms with Gasteiger partial charge in [0.05, 0.1) is 5.56 Å². The number of anilines is 1. The van der Waals surface area contributed by atoms with Gasteiger partial charge in [-0.05, 0) is 53.1 Å². The first-order chi connectivity index (χ1) is 17.5. The molecule has 36 heavy (non-hydrogen) atoms. The smallest absolute Gasteiger partial charge is 0.341 e. The minimum Gasteiger partial charge on any atom is -0.452 e. The number of aromatic nitrogens is 1. The summed E-state index contributed by atoms with van der Waals surface area (Å²) in [5.41, 5.74) is 9.63. The molecule has 7 nitrogen and oxygen atoms in total. The summed E-state index contributed by atoms with van der Waals surface area (Å²) in [6.07, 6.45) is 1.58. The molecule has 180 valence electrons. The summed E-state index contributed by atoms with van der Waals surface area (Å²) in [5, 5.41) is 3.22. The van der Waals surface area contributed by atoms with Gasteiger partial charge in [0.1, 0.15) is 5.03 Å². The van der Waals surface area contributed by atoms with Crippen molar-refractivity contribution in [3.05, 3.63) is 114 Å². The fraction of sp³-hybridized carbons (Fsp3) is 0.0714. The van der Waals surface area contributed by atoms with Crippen LogP contribution in [-0.2, 0) is 15.3 Å². The van der Waals surface area contributed by atoms with Gasteiger partial charge in [0, 0.05) is 23.2 Å². The van der Waals surface area contributed by atoms with Gasteiger partial charge in [-0.1, -0.05) is 54.6 Å². The maximum atomic E-state index is 12.6. The molecule has 8 heteroatoms. The Kier molecular flexibility index (Phi) is 8.10. The Balaban J connectivity index is 1.31. The Bertz CT molecular complexity index is 1360. The quantitative estimate of drug-likeness (QED) is 0.250. The lowest BCUT2D eigenvalue weighted by Gasteiger charge is -2.10. The van der Waals surface area contributed by atoms with E-state index in [9.17, 15) is 14.4 Å². The zero-order valence-electron chi connectivity index (χ0n) is 19.2. The molecule has 0 saturated heterocycles. The van der Waals surface area contributed by atoms with Crippen molar-refractivity contribution in [2.45, 2.75) is 10.8 Å². The van der Waals surface area contributed by atoms with E-state index in [-0.39, 0.29) is 5.56 Å². The molecule has 0 spiro atoms. The highest BCUT2D eigenvalue weighted by atomic mass is 32.2. The van der Waals surface area contributed by atoms with E-state index in [1.54, 1.807) is 54.7 Å². The second-order valence-corrected chi connectivity index (χ2v) is 8.74. The number of ether oxygens (including phenoxy) is 1. The summed E-state index contributed by atoms with van der Waals surface area (Å²) in [6.45, 7) is -0.424. The van der Waals surface area contributed by atoms with Crippen LogP contribution in [0.25, 0.3) is 11.1 Å². The van der Waals surface area contributed by atoms with E-state index < -0.39 is 24.4 Å². The number of benzene rings is 3. The molecule has 0 atom stereocenters. The largest absolute Gasteiger partial charge is 0.452 e. The van der Waals surface area contributed by atoms with E-state index in [1.165, 1.54) is 11.8 Å². The minimum absolute atomic E-state index is 0.274. The van der Waals surface area contributed by atoms with Gasteiger partial charge in [0.15, 0.2) is 6.61 Å².